The summed E-state index contributed by atoms with van der Waals surface area (Å²) in [7, 11) is -0.723. The van der Waals surface area contributed by atoms with Gasteiger partial charge in [-0.3, -0.25) is 15.0 Å². The highest BCUT2D eigenvalue weighted by molar-refractivity contribution is 7.89. The lowest BCUT2D eigenvalue weighted by Crippen LogP contribution is -2.66. The fraction of sp³-hybridized carbons (Fsp3) is 0.538. The van der Waals surface area contributed by atoms with Gasteiger partial charge in [0.05, 0.1) is 29.1 Å². The molecule has 3 aliphatic rings. The first-order valence-corrected chi connectivity index (χ1v) is 14.0. The standard InChI is InChI=1S/C26H33N3O7S/c1-27(37(34,35)21-9-5-18(6-10-21)29(32)33)19-14-26-12-11-24(30)22(15-26)25(31)23(28(26)16-19)13-17-3-7-20(36-2)8-4-17/h3-10,19,22-25,30-31H,11-16H2,1-2H3/t19-,22+,23-,24-,25-,26+/m0/s1. The molecule has 11 heteroatoms. The number of aliphatic hydroxyl groups excluding tert-OH is 2. The number of nitrogens with zero attached hydrogens (tertiary/aromatic N) is 3. The zero-order valence-electron chi connectivity index (χ0n) is 20.9. The number of sulfonamides is 1. The minimum Gasteiger partial charge on any atom is -0.497 e. The lowest BCUT2D eigenvalue weighted by Gasteiger charge is -2.57. The number of benzene rings is 2. The SMILES string of the molecule is COc1ccc(C[C@H]2[C@@H](O)[C@@H]3C[C@@]4(CC[C@@H]3O)C[C@H](N(C)S(=O)(=O)c3ccc([N+](=O)[O-])cc3)CN24)cc1. The van der Waals surface area contributed by atoms with E-state index in [0.717, 1.165) is 17.7 Å². The van der Waals surface area contributed by atoms with Crippen LogP contribution in [-0.4, -0.2) is 83.3 Å². The number of non-ortho nitro benzene ring substituents is 1. The second-order valence-corrected chi connectivity index (χ2v) is 12.6. The topological polar surface area (TPSA) is 133 Å². The molecular formula is C26H33N3O7S. The summed E-state index contributed by atoms with van der Waals surface area (Å²) in [5.74, 6) is 0.486. The molecule has 0 amide bonds. The Balaban J connectivity index is 1.42. The van der Waals surface area contributed by atoms with Crippen LogP contribution in [0.1, 0.15) is 31.2 Å². The number of likely N-dealkylation sites (N-methyl/N-ethyl adjacent to an activating group) is 1. The molecule has 200 valence electrons. The molecule has 0 radical (unpaired) electrons. The number of nitro groups is 1. The average Bonchev–Trinajstić information content (AvgIpc) is 3.27. The Kier molecular flexibility index (Phi) is 6.78. The molecule has 2 bridgehead atoms. The predicted octanol–water partition coefficient (Wildman–Crippen LogP) is 2.18. The zero-order valence-corrected chi connectivity index (χ0v) is 21.8. The van der Waals surface area contributed by atoms with E-state index in [9.17, 15) is 28.7 Å². The van der Waals surface area contributed by atoms with Crippen LogP contribution >= 0.6 is 0 Å². The van der Waals surface area contributed by atoms with Gasteiger partial charge in [-0.05, 0) is 61.9 Å². The number of rotatable bonds is 7. The van der Waals surface area contributed by atoms with E-state index in [1.54, 1.807) is 14.2 Å². The van der Waals surface area contributed by atoms with Crippen LogP contribution < -0.4 is 4.74 Å². The molecule has 0 unspecified atom stereocenters. The van der Waals surface area contributed by atoms with Gasteiger partial charge in [0, 0.05) is 49.3 Å². The summed E-state index contributed by atoms with van der Waals surface area (Å²) in [4.78, 5) is 12.7. The van der Waals surface area contributed by atoms with Crippen LogP contribution in [0.15, 0.2) is 53.4 Å². The number of hydrogen-bond donors (Lipinski definition) is 2. The molecular weight excluding hydrogens is 498 g/mol. The summed E-state index contributed by atoms with van der Waals surface area (Å²) < 4.78 is 33.6. The Hall–Kier alpha value is -2.57. The van der Waals surface area contributed by atoms with Crippen molar-refractivity contribution in [3.05, 3.63) is 64.2 Å². The van der Waals surface area contributed by atoms with Crippen LogP contribution in [-0.2, 0) is 16.4 Å². The van der Waals surface area contributed by atoms with E-state index < -0.39 is 27.2 Å². The van der Waals surface area contributed by atoms with E-state index in [1.165, 1.54) is 28.6 Å². The minimum absolute atomic E-state index is 0.00901. The molecule has 1 spiro atoms. The quantitative estimate of drug-likeness (QED) is 0.410. The lowest BCUT2D eigenvalue weighted by atomic mass is 9.65. The van der Waals surface area contributed by atoms with Crippen molar-refractivity contribution < 1.29 is 28.3 Å². The van der Waals surface area contributed by atoms with Gasteiger partial charge in [-0.1, -0.05) is 12.1 Å². The Bertz CT molecular complexity index is 1250. The number of hydrogen-bond acceptors (Lipinski definition) is 8. The van der Waals surface area contributed by atoms with Crippen molar-refractivity contribution in [3.8, 4) is 5.75 Å². The largest absolute Gasteiger partial charge is 0.497 e. The molecule has 1 aliphatic carbocycles. The van der Waals surface area contributed by atoms with Crippen LogP contribution in [0.5, 0.6) is 5.75 Å². The van der Waals surface area contributed by atoms with Crippen molar-refractivity contribution in [2.45, 2.75) is 66.8 Å². The van der Waals surface area contributed by atoms with Gasteiger partial charge < -0.3 is 14.9 Å². The first-order valence-electron chi connectivity index (χ1n) is 12.5. The molecule has 2 aliphatic heterocycles. The second kappa shape index (κ2) is 9.63. The summed E-state index contributed by atoms with van der Waals surface area (Å²) >= 11 is 0. The van der Waals surface area contributed by atoms with Gasteiger partial charge in [-0.25, -0.2) is 8.42 Å². The van der Waals surface area contributed by atoms with Crippen LogP contribution in [0.25, 0.3) is 0 Å². The van der Waals surface area contributed by atoms with Crippen LogP contribution in [0, 0.1) is 16.0 Å². The molecule has 0 aromatic heterocycles. The molecule has 3 fully saturated rings. The highest BCUT2D eigenvalue weighted by Gasteiger charge is 2.60. The third-order valence-corrected chi connectivity index (χ3v) is 10.6. The summed E-state index contributed by atoms with van der Waals surface area (Å²) in [5, 5.41) is 33.1. The highest BCUT2D eigenvalue weighted by Crippen LogP contribution is 2.52. The summed E-state index contributed by atoms with van der Waals surface area (Å²) in [6.45, 7) is 0.462. The Morgan fingerprint density at radius 3 is 2.43 bits per heavy atom. The van der Waals surface area contributed by atoms with Crippen LogP contribution in [0.2, 0.25) is 0 Å². The fourth-order valence-electron chi connectivity index (χ4n) is 6.68. The molecule has 10 nitrogen and oxygen atoms in total. The van der Waals surface area contributed by atoms with E-state index in [2.05, 4.69) is 4.90 Å². The van der Waals surface area contributed by atoms with Gasteiger partial charge in [0.25, 0.3) is 5.69 Å². The molecule has 1 saturated carbocycles. The van der Waals surface area contributed by atoms with Gasteiger partial charge >= 0.3 is 0 Å². The molecule has 2 N–H and O–H groups in total. The van der Waals surface area contributed by atoms with Crippen molar-refractivity contribution in [2.24, 2.45) is 5.92 Å². The molecule has 2 saturated heterocycles. The highest BCUT2D eigenvalue weighted by atomic mass is 32.2. The number of aliphatic hydroxyl groups is 2. The third kappa shape index (κ3) is 4.52. The van der Waals surface area contributed by atoms with Gasteiger partial charge in [0.1, 0.15) is 5.75 Å². The number of fused-ring (bicyclic) bond motifs is 1. The van der Waals surface area contributed by atoms with Crippen LogP contribution in [0.4, 0.5) is 5.69 Å². The van der Waals surface area contributed by atoms with Crippen molar-refractivity contribution in [2.75, 3.05) is 20.7 Å². The van der Waals surface area contributed by atoms with E-state index in [1.807, 2.05) is 24.3 Å². The van der Waals surface area contributed by atoms with Crippen molar-refractivity contribution >= 4 is 15.7 Å². The lowest BCUT2D eigenvalue weighted by molar-refractivity contribution is -0.384. The van der Waals surface area contributed by atoms with E-state index in [0.29, 0.717) is 32.2 Å². The van der Waals surface area contributed by atoms with Gasteiger partial charge in [0.2, 0.25) is 10.0 Å². The monoisotopic (exact) mass is 531 g/mol. The minimum atomic E-state index is -3.89. The molecule has 5 rings (SSSR count). The molecule has 6 atom stereocenters. The maximum Gasteiger partial charge on any atom is 0.269 e. The average molecular weight is 532 g/mol. The number of piperidine rings is 1. The molecule has 2 aromatic rings. The van der Waals surface area contributed by atoms with E-state index in [4.69, 9.17) is 4.74 Å². The smallest absolute Gasteiger partial charge is 0.269 e. The fourth-order valence-corrected chi connectivity index (χ4v) is 8.03. The van der Waals surface area contributed by atoms with E-state index in [-0.39, 0.29) is 34.1 Å². The normalized spacial score (nSPS) is 31.8. The van der Waals surface area contributed by atoms with Crippen molar-refractivity contribution in [3.63, 3.8) is 0 Å². The molecule has 2 aromatic carbocycles. The maximum absolute atomic E-state index is 13.5. The van der Waals surface area contributed by atoms with Crippen LogP contribution in [0.3, 0.4) is 0 Å². The first-order chi connectivity index (χ1) is 17.6. The number of ether oxygens (including phenoxy) is 1. The maximum atomic E-state index is 13.5. The molecule has 2 heterocycles. The first kappa shape index (κ1) is 26.1. The van der Waals surface area contributed by atoms with Crippen molar-refractivity contribution in [1.82, 2.24) is 9.21 Å². The van der Waals surface area contributed by atoms with Gasteiger partial charge in [0.15, 0.2) is 0 Å². The summed E-state index contributed by atoms with van der Waals surface area (Å²) in [5.41, 5.74) is 0.565. The zero-order chi connectivity index (χ0) is 26.5. The van der Waals surface area contributed by atoms with E-state index >= 15 is 0 Å². The second-order valence-electron chi connectivity index (χ2n) is 10.6. The van der Waals surface area contributed by atoms with Gasteiger partial charge in [-0.15, -0.1) is 0 Å². The molecule has 37 heavy (non-hydrogen) atoms. The summed E-state index contributed by atoms with van der Waals surface area (Å²) in [6, 6.07) is 12.1. The Morgan fingerprint density at radius 2 is 1.81 bits per heavy atom. The number of methoxy groups -OCH3 is 1. The Labute approximate surface area is 216 Å². The Morgan fingerprint density at radius 1 is 1.14 bits per heavy atom. The third-order valence-electron chi connectivity index (χ3n) is 8.72. The number of nitro benzene ring substituents is 1. The van der Waals surface area contributed by atoms with Crippen molar-refractivity contribution in [1.29, 1.82) is 0 Å². The van der Waals surface area contributed by atoms with Gasteiger partial charge in [-0.2, -0.15) is 4.31 Å². The predicted molar refractivity (Wildman–Crippen MR) is 136 cm³/mol. The summed E-state index contributed by atoms with van der Waals surface area (Å²) in [6.07, 6.45) is 1.78.